The van der Waals surface area contributed by atoms with Gasteiger partial charge < -0.3 is 28.8 Å². The molecule has 0 aliphatic carbocycles. The Kier molecular flexibility index (Phi) is 35.0. The summed E-state index contributed by atoms with van der Waals surface area (Å²) in [5.41, 5.74) is 0. The van der Waals surface area contributed by atoms with Crippen molar-refractivity contribution in [3.8, 4) is 0 Å². The van der Waals surface area contributed by atoms with Crippen LogP contribution in [0.15, 0.2) is 24.3 Å². The van der Waals surface area contributed by atoms with Gasteiger partial charge in [-0.05, 0) is 64.2 Å². The molecule has 2 N–H and O–H groups in total. The predicted molar refractivity (Wildman–Crippen MR) is 219 cm³/mol. The molecule has 0 radical (unpaired) electrons. The number of likely N-dealkylation sites (N-methyl/N-ethyl adjacent to an activating group) is 1. The fourth-order valence-electron chi connectivity index (χ4n) is 6.14. The number of quaternary nitrogens is 1. The molecule has 0 rings (SSSR count). The molecule has 0 aliphatic heterocycles. The van der Waals surface area contributed by atoms with Gasteiger partial charge in [-0.1, -0.05) is 147 Å². The van der Waals surface area contributed by atoms with E-state index in [4.69, 9.17) is 9.05 Å². The Bertz CT molecular complexity index is 907. The molecule has 0 aromatic heterocycles. The second kappa shape index (κ2) is 35.7. The highest BCUT2D eigenvalue weighted by Gasteiger charge is 2.24. The number of unbranched alkanes of at least 4 members (excludes halogenated alkanes) is 22. The SMILES string of the molecule is CCCCCC/C=C/CCCCCCCC(=O)N[C@@H](COP(=O)([O-])OCC[N+](C)(C)C)[C@H](O)CCCC/C=C/CCCCCCCCCCCCC. The molecule has 3 atom stereocenters. The number of nitrogens with one attached hydrogen (secondary N) is 1. The normalized spacial score (nSPS) is 14.7. The highest BCUT2D eigenvalue weighted by molar-refractivity contribution is 7.45. The van der Waals surface area contributed by atoms with Crippen molar-refractivity contribution in [2.45, 2.75) is 206 Å². The van der Waals surface area contributed by atoms with Crippen molar-refractivity contribution in [1.82, 2.24) is 5.32 Å². The van der Waals surface area contributed by atoms with Gasteiger partial charge in [0.1, 0.15) is 13.2 Å². The quantitative estimate of drug-likeness (QED) is 0.0280. The molecular weight excluding hydrogens is 671 g/mol. The molecule has 0 bridgehead atoms. The maximum absolute atomic E-state index is 12.8. The minimum Gasteiger partial charge on any atom is -0.756 e. The maximum Gasteiger partial charge on any atom is 0.268 e. The lowest BCUT2D eigenvalue weighted by Crippen LogP contribution is -2.46. The van der Waals surface area contributed by atoms with Crippen LogP contribution in [0.25, 0.3) is 0 Å². The number of allylic oxidation sites excluding steroid dienone is 4. The van der Waals surface area contributed by atoms with Crippen molar-refractivity contribution in [3.63, 3.8) is 0 Å². The molecule has 0 spiro atoms. The van der Waals surface area contributed by atoms with Gasteiger partial charge in [-0.3, -0.25) is 9.36 Å². The number of hydrogen-bond acceptors (Lipinski definition) is 6. The Morgan fingerprint density at radius 3 is 1.52 bits per heavy atom. The summed E-state index contributed by atoms with van der Waals surface area (Å²) < 4.78 is 23.2. The van der Waals surface area contributed by atoms with Gasteiger partial charge in [-0.15, -0.1) is 0 Å². The monoisotopic (exact) mass is 757 g/mol. The summed E-state index contributed by atoms with van der Waals surface area (Å²) in [7, 11) is 1.28. The second-order valence-electron chi connectivity index (χ2n) is 16.0. The third-order valence-electron chi connectivity index (χ3n) is 9.66. The molecule has 1 unspecified atom stereocenters. The lowest BCUT2D eigenvalue weighted by atomic mass is 10.0. The fraction of sp³-hybridized carbons (Fsp3) is 0.884. The molecule has 0 aromatic carbocycles. The smallest absolute Gasteiger partial charge is 0.268 e. The van der Waals surface area contributed by atoms with Crippen molar-refractivity contribution >= 4 is 13.7 Å². The van der Waals surface area contributed by atoms with Gasteiger partial charge in [0.05, 0.1) is 39.9 Å². The van der Waals surface area contributed by atoms with Crippen LogP contribution in [-0.2, 0) is 18.4 Å². The zero-order valence-corrected chi connectivity index (χ0v) is 35.7. The first-order valence-electron chi connectivity index (χ1n) is 21.7. The number of hydrogen-bond donors (Lipinski definition) is 2. The molecule has 0 aliphatic rings. The Morgan fingerprint density at radius 2 is 1.06 bits per heavy atom. The van der Waals surface area contributed by atoms with Gasteiger partial charge in [-0.2, -0.15) is 0 Å². The molecule has 0 fully saturated rings. The van der Waals surface area contributed by atoms with E-state index < -0.39 is 20.0 Å². The topological polar surface area (TPSA) is 108 Å². The van der Waals surface area contributed by atoms with Crippen LogP contribution in [0, 0.1) is 0 Å². The molecule has 9 heteroatoms. The minimum atomic E-state index is -4.57. The van der Waals surface area contributed by atoms with Crippen LogP contribution in [-0.4, -0.2) is 68.5 Å². The van der Waals surface area contributed by atoms with Crippen LogP contribution < -0.4 is 10.2 Å². The maximum atomic E-state index is 12.8. The first-order valence-corrected chi connectivity index (χ1v) is 23.1. The third kappa shape index (κ3) is 37.3. The lowest BCUT2D eigenvalue weighted by molar-refractivity contribution is -0.870. The fourth-order valence-corrected chi connectivity index (χ4v) is 6.87. The third-order valence-corrected chi connectivity index (χ3v) is 10.6. The number of nitrogens with zero attached hydrogens (tertiary/aromatic N) is 1. The summed E-state index contributed by atoms with van der Waals surface area (Å²) in [6.07, 6.45) is 40.4. The van der Waals surface area contributed by atoms with E-state index in [9.17, 15) is 19.4 Å². The average Bonchev–Trinajstić information content (AvgIpc) is 3.09. The van der Waals surface area contributed by atoms with Gasteiger partial charge in [0, 0.05) is 6.42 Å². The molecule has 308 valence electrons. The number of phosphoric ester groups is 1. The van der Waals surface area contributed by atoms with Crippen molar-refractivity contribution in [2.75, 3.05) is 40.9 Å². The average molecular weight is 757 g/mol. The van der Waals surface area contributed by atoms with E-state index in [1.165, 1.54) is 109 Å². The number of aliphatic hydroxyl groups excluding tert-OH is 1. The number of carbonyl (C=O) groups excluding carboxylic acids is 1. The van der Waals surface area contributed by atoms with Crippen LogP contribution in [0.3, 0.4) is 0 Å². The minimum absolute atomic E-state index is 0.00592. The second-order valence-corrected chi connectivity index (χ2v) is 17.4. The summed E-state index contributed by atoms with van der Waals surface area (Å²) in [5.74, 6) is -0.185. The number of amides is 1. The van der Waals surface area contributed by atoms with Crippen LogP contribution in [0.4, 0.5) is 0 Å². The van der Waals surface area contributed by atoms with Crippen molar-refractivity contribution in [1.29, 1.82) is 0 Å². The number of phosphoric acid groups is 1. The van der Waals surface area contributed by atoms with Crippen LogP contribution in [0.1, 0.15) is 194 Å². The molecule has 0 saturated carbocycles. The van der Waals surface area contributed by atoms with Gasteiger partial charge in [0.25, 0.3) is 7.82 Å². The van der Waals surface area contributed by atoms with Gasteiger partial charge >= 0.3 is 0 Å². The largest absolute Gasteiger partial charge is 0.756 e. The van der Waals surface area contributed by atoms with Crippen molar-refractivity contribution in [2.24, 2.45) is 0 Å². The van der Waals surface area contributed by atoms with Crippen LogP contribution in [0.5, 0.6) is 0 Å². The zero-order chi connectivity index (χ0) is 38.6. The van der Waals surface area contributed by atoms with E-state index in [2.05, 4.69) is 43.5 Å². The first kappa shape index (κ1) is 51.0. The van der Waals surface area contributed by atoms with Gasteiger partial charge in [0.15, 0.2) is 0 Å². The van der Waals surface area contributed by atoms with E-state index >= 15 is 0 Å². The van der Waals surface area contributed by atoms with E-state index in [0.29, 0.717) is 23.9 Å². The highest BCUT2D eigenvalue weighted by atomic mass is 31.2. The Hall–Kier alpha value is -1.02. The Labute approximate surface area is 322 Å². The van der Waals surface area contributed by atoms with Gasteiger partial charge in [-0.25, -0.2) is 0 Å². The number of rotatable bonds is 39. The molecule has 0 heterocycles. The molecule has 1 amide bonds. The molecule has 0 saturated heterocycles. The summed E-state index contributed by atoms with van der Waals surface area (Å²) in [4.78, 5) is 25.3. The standard InChI is InChI=1S/C43H85N2O6P/c1-6-8-10-12-14-16-18-20-21-22-23-25-26-28-30-32-34-36-42(46)41(40-51-52(48,49)50-39-38-45(3,4)5)44-43(47)37-35-33-31-29-27-24-19-17-15-13-11-9-7-2/h17,19,26,28,41-42,46H,6-16,18,20-25,27,29-40H2,1-5H3,(H-,44,47,48,49)/b19-17+,28-26+/t41-,42+/m0/s1. The summed E-state index contributed by atoms with van der Waals surface area (Å²) in [6.45, 7) is 4.67. The predicted octanol–water partition coefficient (Wildman–Crippen LogP) is 11.1. The van der Waals surface area contributed by atoms with Crippen LogP contribution >= 0.6 is 7.82 Å². The Morgan fingerprint density at radius 1 is 0.654 bits per heavy atom. The molecule has 52 heavy (non-hydrogen) atoms. The van der Waals surface area contributed by atoms with Crippen molar-refractivity contribution < 1.29 is 32.9 Å². The Balaban J connectivity index is 4.43. The van der Waals surface area contributed by atoms with Gasteiger partial charge in [0.2, 0.25) is 5.91 Å². The summed E-state index contributed by atoms with van der Waals surface area (Å²) in [5, 5.41) is 13.9. The zero-order valence-electron chi connectivity index (χ0n) is 34.8. The molecule has 0 aromatic rings. The highest BCUT2D eigenvalue weighted by Crippen LogP contribution is 2.38. The molecular formula is C43H85N2O6P. The summed E-state index contributed by atoms with van der Waals surface area (Å²) in [6, 6.07) is -0.817. The van der Waals surface area contributed by atoms with E-state index in [1.807, 2.05) is 21.1 Å². The number of aliphatic hydroxyl groups is 1. The number of carbonyl (C=O) groups is 1. The lowest BCUT2D eigenvalue weighted by Gasteiger charge is -2.30. The van der Waals surface area contributed by atoms with E-state index in [-0.39, 0.29) is 19.1 Å². The van der Waals surface area contributed by atoms with Crippen LogP contribution in [0.2, 0.25) is 0 Å². The van der Waals surface area contributed by atoms with Crippen molar-refractivity contribution in [3.05, 3.63) is 24.3 Å². The first-order chi connectivity index (χ1) is 25.0. The molecule has 8 nitrogen and oxygen atoms in total. The van der Waals surface area contributed by atoms with E-state index in [1.54, 1.807) is 0 Å². The summed E-state index contributed by atoms with van der Waals surface area (Å²) >= 11 is 0. The van der Waals surface area contributed by atoms with E-state index in [0.717, 1.165) is 57.8 Å².